The van der Waals surface area contributed by atoms with E-state index in [1.807, 2.05) is 0 Å². The maximum absolute atomic E-state index is 6.53. The minimum Gasteiger partial charge on any atom is -0.456 e. The number of nitrogens with zero attached hydrogens (tertiary/aromatic N) is 3. The van der Waals surface area contributed by atoms with E-state index in [4.69, 9.17) is 14.4 Å². The second kappa shape index (κ2) is 8.64. The highest BCUT2D eigenvalue weighted by atomic mass is 16.3. The molecular weight excluding hydrogens is 587 g/mol. The van der Waals surface area contributed by atoms with Gasteiger partial charge in [0.05, 0.1) is 22.2 Å². The van der Waals surface area contributed by atoms with Crippen LogP contribution in [0, 0.1) is 0 Å². The Morgan fingerprint density at radius 2 is 1.12 bits per heavy atom. The van der Waals surface area contributed by atoms with Gasteiger partial charge in [-0.1, -0.05) is 103 Å². The van der Waals surface area contributed by atoms with Crippen LogP contribution in [-0.4, -0.2) is 14.5 Å². The number of aromatic nitrogens is 3. The molecule has 8 aromatic carbocycles. The summed E-state index contributed by atoms with van der Waals surface area (Å²) in [6.45, 7) is 0. The Hall–Kier alpha value is -6.52. The van der Waals surface area contributed by atoms with Crippen molar-refractivity contribution in [3.05, 3.63) is 140 Å². The number of rotatable bonds is 2. The van der Waals surface area contributed by atoms with E-state index in [9.17, 15) is 0 Å². The van der Waals surface area contributed by atoms with Crippen molar-refractivity contribution in [1.82, 2.24) is 14.5 Å². The lowest BCUT2D eigenvalue weighted by Gasteiger charge is -2.14. The summed E-state index contributed by atoms with van der Waals surface area (Å²) in [5.41, 5.74) is 9.35. The van der Waals surface area contributed by atoms with E-state index in [0.29, 0.717) is 5.95 Å². The van der Waals surface area contributed by atoms with Crippen molar-refractivity contribution in [2.75, 3.05) is 0 Å². The standard InChI is InChI=1S/C44H23N3O/c1-2-9-27-23-28(16-15-24(27)7-1)42-32-19-17-25-8-3-4-11-29(25)43(32)46-44(45-42)47-33-14-6-13-31-30-12-5-10-26-18-21-35-40(37(26)30)41-36(48-35)22-20-34(47)39(41)38(31)33/h1-23H. The van der Waals surface area contributed by atoms with Crippen molar-refractivity contribution in [3.8, 4) is 28.3 Å². The van der Waals surface area contributed by atoms with Gasteiger partial charge in [-0.25, -0.2) is 9.97 Å². The van der Waals surface area contributed by atoms with Gasteiger partial charge >= 0.3 is 0 Å². The lowest BCUT2D eigenvalue weighted by Crippen LogP contribution is -2.04. The first-order chi connectivity index (χ1) is 23.8. The highest BCUT2D eigenvalue weighted by molar-refractivity contribution is 6.37. The number of hydrogen-bond donors (Lipinski definition) is 0. The molecule has 0 saturated carbocycles. The number of benzene rings is 8. The molecule has 48 heavy (non-hydrogen) atoms. The summed E-state index contributed by atoms with van der Waals surface area (Å²) < 4.78 is 8.80. The van der Waals surface area contributed by atoms with Crippen LogP contribution in [0.2, 0.25) is 0 Å². The Balaban J connectivity index is 1.28. The summed E-state index contributed by atoms with van der Waals surface area (Å²) in [6, 6.07) is 49.9. The molecule has 11 aromatic rings. The van der Waals surface area contributed by atoms with Gasteiger partial charge in [-0.15, -0.1) is 0 Å². The lowest BCUT2D eigenvalue weighted by atomic mass is 9.95. The predicted molar refractivity (Wildman–Crippen MR) is 198 cm³/mol. The number of fused-ring (bicyclic) bond motifs is 5. The van der Waals surface area contributed by atoms with Crippen LogP contribution in [0.3, 0.4) is 0 Å². The maximum Gasteiger partial charge on any atom is 0.235 e. The monoisotopic (exact) mass is 609 g/mol. The first-order valence-corrected chi connectivity index (χ1v) is 16.3. The molecule has 4 nitrogen and oxygen atoms in total. The Bertz CT molecular complexity index is 3240. The van der Waals surface area contributed by atoms with Gasteiger partial charge in [0, 0.05) is 43.3 Å². The first kappa shape index (κ1) is 24.7. The van der Waals surface area contributed by atoms with E-state index in [1.165, 1.54) is 48.8 Å². The van der Waals surface area contributed by atoms with Crippen molar-refractivity contribution in [3.63, 3.8) is 0 Å². The van der Waals surface area contributed by atoms with E-state index in [1.54, 1.807) is 0 Å². The molecule has 0 fully saturated rings. The number of hydrogen-bond acceptors (Lipinski definition) is 3. The highest BCUT2D eigenvalue weighted by Gasteiger charge is 2.27. The molecule has 0 unspecified atom stereocenters. The van der Waals surface area contributed by atoms with Crippen LogP contribution >= 0.6 is 0 Å². The van der Waals surface area contributed by atoms with Crippen LogP contribution in [0.1, 0.15) is 0 Å². The average molecular weight is 610 g/mol. The molecule has 0 spiro atoms. The topological polar surface area (TPSA) is 43.9 Å². The summed E-state index contributed by atoms with van der Waals surface area (Å²) in [5, 5.41) is 12.9. The van der Waals surface area contributed by atoms with E-state index in [2.05, 4.69) is 144 Å². The molecular formula is C44H23N3O. The molecule has 0 amide bonds. The normalized spacial score (nSPS) is 12.6. The molecule has 1 aliphatic carbocycles. The molecule has 4 heteroatoms. The summed E-state index contributed by atoms with van der Waals surface area (Å²) in [4.78, 5) is 10.9. The van der Waals surface area contributed by atoms with Crippen molar-refractivity contribution >= 4 is 87.0 Å². The minimum absolute atomic E-state index is 0.658. The Morgan fingerprint density at radius 3 is 2.04 bits per heavy atom. The quantitative estimate of drug-likeness (QED) is 0.183. The zero-order valence-electron chi connectivity index (χ0n) is 25.5. The van der Waals surface area contributed by atoms with Gasteiger partial charge in [-0.2, -0.15) is 0 Å². The molecule has 3 aromatic heterocycles. The van der Waals surface area contributed by atoms with Gasteiger partial charge in [0.1, 0.15) is 11.2 Å². The van der Waals surface area contributed by atoms with E-state index >= 15 is 0 Å². The fourth-order valence-electron chi connectivity index (χ4n) is 8.45. The smallest absolute Gasteiger partial charge is 0.235 e. The average Bonchev–Trinajstić information content (AvgIpc) is 3.65. The van der Waals surface area contributed by atoms with E-state index < -0.39 is 0 Å². The van der Waals surface area contributed by atoms with E-state index in [0.717, 1.165) is 60.5 Å². The van der Waals surface area contributed by atoms with E-state index in [-0.39, 0.29) is 0 Å². The van der Waals surface area contributed by atoms with Crippen LogP contribution in [0.15, 0.2) is 144 Å². The summed E-state index contributed by atoms with van der Waals surface area (Å²) >= 11 is 0. The summed E-state index contributed by atoms with van der Waals surface area (Å²) in [7, 11) is 0. The third-order valence-corrected chi connectivity index (χ3v) is 10.5. The Morgan fingerprint density at radius 1 is 0.438 bits per heavy atom. The molecule has 0 saturated heterocycles. The van der Waals surface area contributed by atoms with Gasteiger partial charge in [0.15, 0.2) is 0 Å². The molecule has 0 bridgehead atoms. The maximum atomic E-state index is 6.53. The molecule has 3 heterocycles. The zero-order chi connectivity index (χ0) is 31.1. The molecule has 0 aliphatic heterocycles. The largest absolute Gasteiger partial charge is 0.456 e. The number of furan rings is 1. The van der Waals surface area contributed by atoms with Crippen molar-refractivity contribution in [1.29, 1.82) is 0 Å². The predicted octanol–water partition coefficient (Wildman–Crippen LogP) is 11.7. The van der Waals surface area contributed by atoms with Crippen molar-refractivity contribution in [2.24, 2.45) is 0 Å². The summed E-state index contributed by atoms with van der Waals surface area (Å²) in [6.07, 6.45) is 0. The third kappa shape index (κ3) is 3.00. The Kier molecular flexibility index (Phi) is 4.44. The second-order valence-corrected chi connectivity index (χ2v) is 12.9. The fraction of sp³-hybridized carbons (Fsp3) is 0. The SMILES string of the molecule is c1ccc2cc(-c3nc(-n4c5cccc6c5c5c7c(ccc54)oc4ccc5cccc-6c5c47)nc4c3ccc3ccccc34)ccc2c1. The third-order valence-electron chi connectivity index (χ3n) is 10.5. The molecule has 0 atom stereocenters. The van der Waals surface area contributed by atoms with Gasteiger partial charge < -0.3 is 4.42 Å². The second-order valence-electron chi connectivity index (χ2n) is 12.9. The van der Waals surface area contributed by atoms with Crippen molar-refractivity contribution in [2.45, 2.75) is 0 Å². The zero-order valence-corrected chi connectivity index (χ0v) is 25.5. The lowest BCUT2D eigenvalue weighted by molar-refractivity contribution is 0.669. The first-order valence-electron chi connectivity index (χ1n) is 16.3. The molecule has 0 N–H and O–H groups in total. The van der Waals surface area contributed by atoms with Gasteiger partial charge in [0.2, 0.25) is 5.95 Å². The van der Waals surface area contributed by atoms with Crippen molar-refractivity contribution < 1.29 is 4.42 Å². The van der Waals surface area contributed by atoms with Gasteiger partial charge in [-0.05, 0) is 69.1 Å². The highest BCUT2D eigenvalue weighted by Crippen LogP contribution is 2.50. The molecule has 12 rings (SSSR count). The summed E-state index contributed by atoms with van der Waals surface area (Å²) in [5.74, 6) is 0.658. The van der Waals surface area contributed by atoms with Crippen LogP contribution in [0.25, 0.3) is 115 Å². The van der Waals surface area contributed by atoms with Gasteiger partial charge in [-0.3, -0.25) is 4.57 Å². The van der Waals surface area contributed by atoms with Crippen LogP contribution in [0.5, 0.6) is 0 Å². The molecule has 1 aliphatic rings. The molecule has 220 valence electrons. The minimum atomic E-state index is 0.658. The van der Waals surface area contributed by atoms with Gasteiger partial charge in [0.25, 0.3) is 0 Å². The fourth-order valence-corrected chi connectivity index (χ4v) is 8.45. The molecule has 0 radical (unpaired) electrons. The van der Waals surface area contributed by atoms with Crippen LogP contribution in [0.4, 0.5) is 0 Å². The Labute approximate surface area is 273 Å². The van der Waals surface area contributed by atoms with Crippen LogP contribution < -0.4 is 0 Å². The van der Waals surface area contributed by atoms with Crippen LogP contribution in [-0.2, 0) is 0 Å².